The second-order valence-electron chi connectivity index (χ2n) is 7.36. The standard InChI is InChI=1S/C21H28N6O3/c1-3-4-7-23-20-19-17(25-21(22)26-20)9-24-27(19)10-15-8-14(5-6-18(15)28-2)11-30-16-12-29-13-16/h5-6,8-9,16H,3-4,7,10-13H2,1-2H3,(H3,22,23,25,26). The van der Waals surface area contributed by atoms with Crippen molar-refractivity contribution >= 4 is 22.8 Å². The fourth-order valence-corrected chi connectivity index (χ4v) is 3.37. The third-order valence-corrected chi connectivity index (χ3v) is 5.09. The lowest BCUT2D eigenvalue weighted by Gasteiger charge is -2.26. The zero-order valence-electron chi connectivity index (χ0n) is 17.4. The number of rotatable bonds is 10. The van der Waals surface area contributed by atoms with E-state index in [1.54, 1.807) is 13.3 Å². The number of nitrogens with zero attached hydrogens (tertiary/aromatic N) is 4. The molecule has 0 spiro atoms. The molecule has 0 amide bonds. The van der Waals surface area contributed by atoms with Crippen LogP contribution in [0.25, 0.3) is 11.0 Å². The quantitative estimate of drug-likeness (QED) is 0.489. The Hall–Kier alpha value is -2.91. The number of hydrogen-bond acceptors (Lipinski definition) is 8. The largest absolute Gasteiger partial charge is 0.496 e. The molecule has 0 aliphatic carbocycles. The van der Waals surface area contributed by atoms with Gasteiger partial charge in [0, 0.05) is 12.1 Å². The Labute approximate surface area is 175 Å². The zero-order valence-corrected chi connectivity index (χ0v) is 17.4. The molecule has 2 aromatic heterocycles. The summed E-state index contributed by atoms with van der Waals surface area (Å²) in [5.74, 6) is 1.73. The molecule has 0 saturated carbocycles. The molecule has 30 heavy (non-hydrogen) atoms. The molecule has 1 saturated heterocycles. The van der Waals surface area contributed by atoms with Crippen molar-refractivity contribution in [3.8, 4) is 5.75 Å². The topological polar surface area (TPSA) is 109 Å². The van der Waals surface area contributed by atoms with E-state index in [4.69, 9.17) is 19.9 Å². The highest BCUT2D eigenvalue weighted by molar-refractivity contribution is 5.86. The van der Waals surface area contributed by atoms with Crippen LogP contribution < -0.4 is 15.8 Å². The molecule has 1 aromatic carbocycles. The molecule has 4 rings (SSSR count). The monoisotopic (exact) mass is 412 g/mol. The van der Waals surface area contributed by atoms with Crippen LogP contribution in [-0.4, -0.2) is 52.7 Å². The highest BCUT2D eigenvalue weighted by Gasteiger charge is 2.19. The zero-order chi connectivity index (χ0) is 20.9. The predicted octanol–water partition coefficient (Wildman–Crippen LogP) is 2.59. The molecule has 1 fully saturated rings. The molecule has 3 N–H and O–H groups in total. The first-order chi connectivity index (χ1) is 14.7. The number of fused-ring (bicyclic) bond motifs is 1. The van der Waals surface area contributed by atoms with E-state index < -0.39 is 0 Å². The molecule has 160 valence electrons. The second kappa shape index (κ2) is 9.27. The summed E-state index contributed by atoms with van der Waals surface area (Å²) in [6.07, 6.45) is 4.04. The van der Waals surface area contributed by atoms with E-state index in [1.165, 1.54) is 0 Å². The van der Waals surface area contributed by atoms with Crippen molar-refractivity contribution in [2.45, 2.75) is 39.0 Å². The second-order valence-corrected chi connectivity index (χ2v) is 7.36. The summed E-state index contributed by atoms with van der Waals surface area (Å²) in [5, 5.41) is 7.91. The fraction of sp³-hybridized carbons (Fsp3) is 0.476. The minimum Gasteiger partial charge on any atom is -0.496 e. The van der Waals surface area contributed by atoms with Crippen LogP contribution in [0.3, 0.4) is 0 Å². The first kappa shape index (κ1) is 20.4. The Kier molecular flexibility index (Phi) is 6.29. The molecule has 0 radical (unpaired) electrons. The van der Waals surface area contributed by atoms with Crippen LogP contribution in [0.15, 0.2) is 24.4 Å². The van der Waals surface area contributed by atoms with Gasteiger partial charge in [0.1, 0.15) is 22.9 Å². The first-order valence-electron chi connectivity index (χ1n) is 10.3. The summed E-state index contributed by atoms with van der Waals surface area (Å²) in [4.78, 5) is 8.74. The van der Waals surface area contributed by atoms with Crippen LogP contribution >= 0.6 is 0 Å². The Morgan fingerprint density at radius 1 is 1.30 bits per heavy atom. The van der Waals surface area contributed by atoms with E-state index in [0.29, 0.717) is 37.7 Å². The van der Waals surface area contributed by atoms with Gasteiger partial charge in [-0.15, -0.1) is 0 Å². The van der Waals surface area contributed by atoms with Crippen molar-refractivity contribution in [1.82, 2.24) is 19.7 Å². The number of nitrogens with two attached hydrogens (primary N) is 1. The third-order valence-electron chi connectivity index (χ3n) is 5.09. The van der Waals surface area contributed by atoms with E-state index in [9.17, 15) is 0 Å². The number of methoxy groups -OCH3 is 1. The van der Waals surface area contributed by atoms with E-state index in [0.717, 1.165) is 41.8 Å². The van der Waals surface area contributed by atoms with Crippen LogP contribution in [0, 0.1) is 0 Å². The molecule has 0 unspecified atom stereocenters. The fourth-order valence-electron chi connectivity index (χ4n) is 3.37. The number of unbranched alkanes of at least 4 members (excludes halogenated alkanes) is 1. The molecule has 9 nitrogen and oxygen atoms in total. The SMILES string of the molecule is CCCCNc1nc(N)nc2cnn(Cc3cc(COC4COC4)ccc3OC)c12. The van der Waals surface area contributed by atoms with Gasteiger partial charge in [0.15, 0.2) is 5.82 Å². The van der Waals surface area contributed by atoms with Gasteiger partial charge in [-0.2, -0.15) is 10.1 Å². The van der Waals surface area contributed by atoms with Gasteiger partial charge in [-0.1, -0.05) is 19.4 Å². The number of aromatic nitrogens is 4. The van der Waals surface area contributed by atoms with Gasteiger partial charge in [-0.25, -0.2) is 4.98 Å². The van der Waals surface area contributed by atoms with Crippen molar-refractivity contribution < 1.29 is 14.2 Å². The minimum absolute atomic E-state index is 0.185. The number of ether oxygens (including phenoxy) is 3. The molecular formula is C21H28N6O3. The highest BCUT2D eigenvalue weighted by atomic mass is 16.6. The van der Waals surface area contributed by atoms with E-state index in [1.807, 2.05) is 16.8 Å². The third kappa shape index (κ3) is 4.47. The average Bonchev–Trinajstić information content (AvgIpc) is 3.09. The molecule has 0 atom stereocenters. The smallest absolute Gasteiger partial charge is 0.222 e. The van der Waals surface area contributed by atoms with Gasteiger partial charge in [0.2, 0.25) is 5.95 Å². The van der Waals surface area contributed by atoms with Gasteiger partial charge < -0.3 is 25.3 Å². The van der Waals surface area contributed by atoms with Crippen LogP contribution in [0.5, 0.6) is 5.75 Å². The molecule has 9 heteroatoms. The molecule has 0 bridgehead atoms. The van der Waals surface area contributed by atoms with Gasteiger partial charge in [-0.05, 0) is 24.1 Å². The highest BCUT2D eigenvalue weighted by Crippen LogP contribution is 2.26. The van der Waals surface area contributed by atoms with Crippen molar-refractivity contribution in [3.05, 3.63) is 35.5 Å². The molecule has 1 aliphatic rings. The summed E-state index contributed by atoms with van der Waals surface area (Å²) in [5.41, 5.74) is 9.51. The maximum atomic E-state index is 5.89. The molecule has 3 aromatic rings. The van der Waals surface area contributed by atoms with E-state index in [2.05, 4.69) is 33.4 Å². The average molecular weight is 412 g/mol. The summed E-state index contributed by atoms with van der Waals surface area (Å²) < 4.78 is 18.5. The number of hydrogen-bond donors (Lipinski definition) is 2. The first-order valence-corrected chi connectivity index (χ1v) is 10.3. The number of anilines is 2. The van der Waals surface area contributed by atoms with Gasteiger partial charge in [0.05, 0.1) is 39.7 Å². The van der Waals surface area contributed by atoms with E-state index in [-0.39, 0.29) is 12.1 Å². The minimum atomic E-state index is 0.185. The lowest BCUT2D eigenvalue weighted by molar-refractivity contribution is -0.135. The lowest BCUT2D eigenvalue weighted by Crippen LogP contribution is -2.35. The number of nitrogens with one attached hydrogen (secondary N) is 1. The number of benzene rings is 1. The molecule has 1 aliphatic heterocycles. The normalized spacial score (nSPS) is 14.1. The van der Waals surface area contributed by atoms with Crippen LogP contribution in [0.1, 0.15) is 30.9 Å². The van der Waals surface area contributed by atoms with Crippen molar-refractivity contribution in [1.29, 1.82) is 0 Å². The van der Waals surface area contributed by atoms with Crippen molar-refractivity contribution in [2.75, 3.05) is 37.9 Å². The Bertz CT molecular complexity index is 1000. The molecular weight excluding hydrogens is 384 g/mol. The van der Waals surface area contributed by atoms with Crippen LogP contribution in [0.2, 0.25) is 0 Å². The number of nitrogen functional groups attached to an aromatic ring is 1. The predicted molar refractivity (Wildman–Crippen MR) is 115 cm³/mol. The maximum Gasteiger partial charge on any atom is 0.222 e. The lowest BCUT2D eigenvalue weighted by atomic mass is 10.1. The van der Waals surface area contributed by atoms with Crippen LogP contribution in [0.4, 0.5) is 11.8 Å². The summed E-state index contributed by atoms with van der Waals surface area (Å²) in [6, 6.07) is 6.07. The van der Waals surface area contributed by atoms with E-state index >= 15 is 0 Å². The summed E-state index contributed by atoms with van der Waals surface area (Å²) in [7, 11) is 1.67. The van der Waals surface area contributed by atoms with Gasteiger partial charge >= 0.3 is 0 Å². The van der Waals surface area contributed by atoms with Gasteiger partial charge in [-0.3, -0.25) is 4.68 Å². The Morgan fingerprint density at radius 3 is 2.90 bits per heavy atom. The Morgan fingerprint density at radius 2 is 2.17 bits per heavy atom. The maximum absolute atomic E-state index is 5.89. The van der Waals surface area contributed by atoms with Crippen LogP contribution in [-0.2, 0) is 22.6 Å². The Balaban J connectivity index is 1.60. The van der Waals surface area contributed by atoms with Crippen molar-refractivity contribution in [3.63, 3.8) is 0 Å². The molecule has 3 heterocycles. The summed E-state index contributed by atoms with van der Waals surface area (Å²) in [6.45, 7) is 5.35. The van der Waals surface area contributed by atoms with Crippen molar-refractivity contribution in [2.24, 2.45) is 0 Å². The summed E-state index contributed by atoms with van der Waals surface area (Å²) >= 11 is 0. The van der Waals surface area contributed by atoms with Gasteiger partial charge in [0.25, 0.3) is 0 Å².